The van der Waals surface area contributed by atoms with E-state index < -0.39 is 28.6 Å². The normalized spacial score (nSPS) is 14.3. The molecule has 0 fully saturated rings. The van der Waals surface area contributed by atoms with Crippen LogP contribution in [0.3, 0.4) is 0 Å². The Morgan fingerprint density at radius 3 is 2.56 bits per heavy atom. The molecule has 0 bridgehead atoms. The smallest absolute Gasteiger partial charge is 0.306 e. The minimum Gasteiger partial charge on any atom is -0.396 e. The number of rotatable bonds is 5. The van der Waals surface area contributed by atoms with E-state index in [4.69, 9.17) is 16.7 Å². The Hall–Kier alpha value is -1.28. The molecular formula is C10H11ClFNO5. The summed E-state index contributed by atoms with van der Waals surface area (Å²) in [7, 11) is 0. The fraction of sp³-hybridized carbons (Fsp3) is 0.400. The maximum absolute atomic E-state index is 13.3. The quantitative estimate of drug-likeness (QED) is 0.554. The van der Waals surface area contributed by atoms with Crippen molar-refractivity contribution in [3.8, 4) is 0 Å². The lowest BCUT2D eigenvalue weighted by atomic mass is 10.0. The molecule has 8 heteroatoms. The van der Waals surface area contributed by atoms with Crippen LogP contribution in [0.2, 0.25) is 5.02 Å². The van der Waals surface area contributed by atoms with Gasteiger partial charge in [0.15, 0.2) is 0 Å². The van der Waals surface area contributed by atoms with Crippen LogP contribution in [0.5, 0.6) is 0 Å². The first-order valence-corrected chi connectivity index (χ1v) is 5.36. The topological polar surface area (TPSA) is 104 Å². The minimum absolute atomic E-state index is 0.129. The van der Waals surface area contributed by atoms with Crippen molar-refractivity contribution in [2.24, 2.45) is 0 Å². The first-order chi connectivity index (χ1) is 8.38. The second-order valence-corrected chi connectivity index (χ2v) is 4.01. The number of nitrogens with zero attached hydrogens (tertiary/aromatic N) is 1. The summed E-state index contributed by atoms with van der Waals surface area (Å²) >= 11 is 5.68. The van der Waals surface area contributed by atoms with Crippen molar-refractivity contribution in [2.75, 3.05) is 6.61 Å². The van der Waals surface area contributed by atoms with Gasteiger partial charge in [0, 0.05) is 18.2 Å². The average Bonchev–Trinajstić information content (AvgIpc) is 2.30. The molecule has 0 aliphatic heterocycles. The Kier molecular flexibility index (Phi) is 4.97. The van der Waals surface area contributed by atoms with Crippen molar-refractivity contribution in [3.05, 3.63) is 38.7 Å². The van der Waals surface area contributed by atoms with E-state index >= 15 is 0 Å². The van der Waals surface area contributed by atoms with Crippen LogP contribution in [0, 0.1) is 15.9 Å². The second-order valence-electron chi connectivity index (χ2n) is 3.61. The number of benzene rings is 1. The van der Waals surface area contributed by atoms with E-state index in [9.17, 15) is 24.7 Å². The van der Waals surface area contributed by atoms with Crippen molar-refractivity contribution >= 4 is 17.3 Å². The van der Waals surface area contributed by atoms with Crippen LogP contribution in [0.4, 0.5) is 10.1 Å². The van der Waals surface area contributed by atoms with Gasteiger partial charge in [-0.25, -0.2) is 0 Å². The van der Waals surface area contributed by atoms with Crippen LogP contribution in [0.15, 0.2) is 12.1 Å². The molecule has 3 N–H and O–H groups in total. The largest absolute Gasteiger partial charge is 0.396 e. The van der Waals surface area contributed by atoms with Gasteiger partial charge in [-0.1, -0.05) is 11.6 Å². The Morgan fingerprint density at radius 2 is 2.06 bits per heavy atom. The SMILES string of the molecule is O=[N+]([O-])c1cc(Cl)c(C(O)C(O)CCO)cc1F. The molecule has 0 heterocycles. The van der Waals surface area contributed by atoms with Crippen LogP contribution >= 0.6 is 11.6 Å². The maximum Gasteiger partial charge on any atom is 0.306 e. The lowest BCUT2D eigenvalue weighted by molar-refractivity contribution is -0.387. The van der Waals surface area contributed by atoms with Gasteiger partial charge in [0.2, 0.25) is 5.82 Å². The average molecular weight is 280 g/mol. The minimum atomic E-state index is -1.53. The summed E-state index contributed by atoms with van der Waals surface area (Å²) in [5.41, 5.74) is -0.978. The van der Waals surface area contributed by atoms with Crippen LogP contribution in [-0.2, 0) is 0 Å². The van der Waals surface area contributed by atoms with Crippen LogP contribution in [0.1, 0.15) is 18.1 Å². The van der Waals surface area contributed by atoms with E-state index in [1.54, 1.807) is 0 Å². The summed E-state index contributed by atoms with van der Waals surface area (Å²) in [4.78, 5) is 9.51. The molecule has 6 nitrogen and oxygen atoms in total. The molecule has 0 aromatic heterocycles. The van der Waals surface area contributed by atoms with Gasteiger partial charge in [0.05, 0.1) is 16.0 Å². The Morgan fingerprint density at radius 1 is 1.44 bits per heavy atom. The van der Waals surface area contributed by atoms with Crippen molar-refractivity contribution in [1.29, 1.82) is 0 Å². The monoisotopic (exact) mass is 279 g/mol. The highest BCUT2D eigenvalue weighted by Gasteiger charge is 2.25. The molecular weight excluding hydrogens is 269 g/mol. The first-order valence-electron chi connectivity index (χ1n) is 4.98. The van der Waals surface area contributed by atoms with E-state index in [1.807, 2.05) is 0 Å². The molecule has 0 spiro atoms. The van der Waals surface area contributed by atoms with Crippen LogP contribution in [0.25, 0.3) is 0 Å². The van der Waals surface area contributed by atoms with Crippen molar-refractivity contribution in [1.82, 2.24) is 0 Å². The molecule has 2 unspecified atom stereocenters. The van der Waals surface area contributed by atoms with Gasteiger partial charge in [-0.15, -0.1) is 0 Å². The fourth-order valence-corrected chi connectivity index (χ4v) is 1.69. The summed E-state index contributed by atoms with van der Waals surface area (Å²) in [6, 6.07) is 1.47. The Balaban J connectivity index is 3.11. The maximum atomic E-state index is 13.3. The summed E-state index contributed by atoms with van der Waals surface area (Å²) in [6.07, 6.45) is -3.00. The summed E-state index contributed by atoms with van der Waals surface area (Å²) in [5, 5.41) is 37.9. The third-order valence-electron chi connectivity index (χ3n) is 2.37. The molecule has 1 aromatic rings. The molecule has 0 aliphatic carbocycles. The fourth-order valence-electron chi connectivity index (χ4n) is 1.42. The van der Waals surface area contributed by atoms with Crippen LogP contribution < -0.4 is 0 Å². The standard InChI is InChI=1S/C10H11ClFNO5/c11-6-4-8(13(17)18)7(12)3-5(6)10(16)9(15)1-2-14/h3-4,9-10,14-16H,1-2H2. The van der Waals surface area contributed by atoms with Gasteiger partial charge in [-0.05, 0) is 12.5 Å². The number of nitro benzene ring substituents is 1. The van der Waals surface area contributed by atoms with E-state index in [0.29, 0.717) is 6.07 Å². The first kappa shape index (κ1) is 14.8. The highest BCUT2D eigenvalue weighted by Crippen LogP contribution is 2.31. The Bertz CT molecular complexity index is 456. The molecule has 18 heavy (non-hydrogen) atoms. The van der Waals surface area contributed by atoms with Gasteiger partial charge in [-0.2, -0.15) is 4.39 Å². The zero-order valence-corrected chi connectivity index (χ0v) is 9.84. The lowest BCUT2D eigenvalue weighted by Gasteiger charge is -2.18. The summed E-state index contributed by atoms with van der Waals surface area (Å²) in [6.45, 7) is -0.370. The zero-order valence-electron chi connectivity index (χ0n) is 9.08. The van der Waals surface area contributed by atoms with Crippen molar-refractivity contribution in [3.63, 3.8) is 0 Å². The summed E-state index contributed by atoms with van der Waals surface area (Å²) < 4.78 is 13.3. The van der Waals surface area contributed by atoms with Gasteiger partial charge in [0.1, 0.15) is 6.10 Å². The molecule has 0 aliphatic rings. The molecule has 0 saturated heterocycles. The third kappa shape index (κ3) is 3.14. The van der Waals surface area contributed by atoms with Gasteiger partial charge < -0.3 is 15.3 Å². The third-order valence-corrected chi connectivity index (χ3v) is 2.70. The van der Waals surface area contributed by atoms with E-state index in [2.05, 4.69) is 0 Å². The predicted octanol–water partition coefficient (Wildman–Crippen LogP) is 1.16. The van der Waals surface area contributed by atoms with E-state index in [0.717, 1.165) is 6.07 Å². The molecule has 2 atom stereocenters. The van der Waals surface area contributed by atoms with Gasteiger partial charge in [-0.3, -0.25) is 10.1 Å². The molecule has 0 amide bonds. The number of nitro groups is 1. The highest BCUT2D eigenvalue weighted by molar-refractivity contribution is 6.31. The second kappa shape index (κ2) is 6.05. The summed E-state index contributed by atoms with van der Waals surface area (Å²) in [5.74, 6) is -1.16. The van der Waals surface area contributed by atoms with Crippen molar-refractivity contribution < 1.29 is 24.6 Å². The number of aliphatic hydroxyl groups is 3. The molecule has 0 radical (unpaired) electrons. The Labute approximate surface area is 106 Å². The lowest BCUT2D eigenvalue weighted by Crippen LogP contribution is -2.20. The van der Waals surface area contributed by atoms with Crippen LogP contribution in [-0.4, -0.2) is 33.0 Å². The molecule has 0 saturated carbocycles. The molecule has 100 valence electrons. The molecule has 1 aromatic carbocycles. The molecule has 1 rings (SSSR count). The number of aliphatic hydroxyl groups excluding tert-OH is 3. The number of halogens is 2. The van der Waals surface area contributed by atoms with E-state index in [-0.39, 0.29) is 23.6 Å². The van der Waals surface area contributed by atoms with Gasteiger partial charge >= 0.3 is 5.69 Å². The van der Waals surface area contributed by atoms with Gasteiger partial charge in [0.25, 0.3) is 0 Å². The highest BCUT2D eigenvalue weighted by atomic mass is 35.5. The predicted molar refractivity (Wildman–Crippen MR) is 60.7 cm³/mol. The zero-order chi connectivity index (χ0) is 13.9. The number of hydrogen-bond acceptors (Lipinski definition) is 5. The number of hydrogen-bond donors (Lipinski definition) is 3. The van der Waals surface area contributed by atoms with Crippen molar-refractivity contribution in [2.45, 2.75) is 18.6 Å². The van der Waals surface area contributed by atoms with E-state index in [1.165, 1.54) is 0 Å².